The molecule has 0 aromatic carbocycles. The Morgan fingerprint density at radius 3 is 1.63 bits per heavy atom. The molecule has 4 unspecified atom stereocenters. The number of hydrogen-bond donors (Lipinski definition) is 0. The lowest BCUT2D eigenvalue weighted by molar-refractivity contribution is -0.263. The average molecular weight is 266 g/mol. The number of nitriles is 2. The van der Waals surface area contributed by atoms with Crippen molar-refractivity contribution in [1.82, 2.24) is 0 Å². The highest BCUT2D eigenvalue weighted by Crippen LogP contribution is 2.21. The SMILES string of the molecule is N#CC1CCC(OCOC2CCC(C#N)CO2)OC1. The van der Waals surface area contributed by atoms with E-state index in [1.807, 2.05) is 0 Å². The summed E-state index contributed by atoms with van der Waals surface area (Å²) < 4.78 is 21.7. The molecule has 19 heavy (non-hydrogen) atoms. The molecule has 2 rings (SSSR count). The van der Waals surface area contributed by atoms with Gasteiger partial charge in [0.15, 0.2) is 19.4 Å². The zero-order valence-electron chi connectivity index (χ0n) is 10.8. The minimum absolute atomic E-state index is 0.0228. The summed E-state index contributed by atoms with van der Waals surface area (Å²) in [6.07, 6.45) is 2.43. The van der Waals surface area contributed by atoms with Gasteiger partial charge in [0.1, 0.15) is 0 Å². The van der Waals surface area contributed by atoms with Crippen molar-refractivity contribution in [1.29, 1.82) is 10.5 Å². The molecule has 2 fully saturated rings. The molecule has 2 saturated heterocycles. The van der Waals surface area contributed by atoms with E-state index in [2.05, 4.69) is 12.1 Å². The van der Waals surface area contributed by atoms with E-state index >= 15 is 0 Å². The Labute approximate surface area is 112 Å². The van der Waals surface area contributed by atoms with Crippen molar-refractivity contribution in [3.05, 3.63) is 0 Å². The van der Waals surface area contributed by atoms with Gasteiger partial charge in [-0.15, -0.1) is 0 Å². The van der Waals surface area contributed by atoms with Crippen LogP contribution in [0.15, 0.2) is 0 Å². The summed E-state index contributed by atoms with van der Waals surface area (Å²) >= 11 is 0. The number of nitrogens with zero attached hydrogens (tertiary/aromatic N) is 2. The summed E-state index contributed by atoms with van der Waals surface area (Å²) in [5, 5.41) is 17.5. The first-order valence-corrected chi connectivity index (χ1v) is 6.57. The fourth-order valence-electron chi connectivity index (χ4n) is 2.11. The van der Waals surface area contributed by atoms with Gasteiger partial charge in [0.05, 0.1) is 37.2 Å². The molecule has 2 heterocycles. The fourth-order valence-corrected chi connectivity index (χ4v) is 2.11. The number of ether oxygens (including phenoxy) is 4. The topological polar surface area (TPSA) is 84.5 Å². The summed E-state index contributed by atoms with van der Waals surface area (Å²) in [6, 6.07) is 4.37. The molecule has 4 atom stereocenters. The molecule has 0 saturated carbocycles. The molecule has 2 aliphatic rings. The van der Waals surface area contributed by atoms with Gasteiger partial charge in [-0.1, -0.05) is 0 Å². The summed E-state index contributed by atoms with van der Waals surface area (Å²) in [5.74, 6) is -0.0456. The lowest BCUT2D eigenvalue weighted by Gasteiger charge is -2.28. The van der Waals surface area contributed by atoms with Crippen LogP contribution < -0.4 is 0 Å². The molecule has 2 aliphatic heterocycles. The second-order valence-corrected chi connectivity index (χ2v) is 4.78. The largest absolute Gasteiger partial charge is 0.351 e. The second-order valence-electron chi connectivity index (χ2n) is 4.78. The van der Waals surface area contributed by atoms with E-state index in [9.17, 15) is 0 Å². The summed E-state index contributed by atoms with van der Waals surface area (Å²) in [5.41, 5.74) is 0. The van der Waals surface area contributed by atoms with Crippen molar-refractivity contribution >= 4 is 0 Å². The Bertz CT molecular complexity index is 313. The summed E-state index contributed by atoms with van der Waals surface area (Å²) in [6.45, 7) is 0.958. The van der Waals surface area contributed by atoms with Crippen LogP contribution in [-0.4, -0.2) is 32.6 Å². The molecule has 6 heteroatoms. The van der Waals surface area contributed by atoms with Gasteiger partial charge >= 0.3 is 0 Å². The van der Waals surface area contributed by atoms with Gasteiger partial charge in [0.2, 0.25) is 0 Å². The Hall–Kier alpha value is -1.18. The molecule has 104 valence electrons. The Kier molecular flexibility index (Phi) is 5.56. The molecule has 0 bridgehead atoms. The molecule has 0 aromatic heterocycles. The van der Waals surface area contributed by atoms with Crippen molar-refractivity contribution in [3.63, 3.8) is 0 Å². The van der Waals surface area contributed by atoms with Crippen molar-refractivity contribution in [3.8, 4) is 12.1 Å². The van der Waals surface area contributed by atoms with Gasteiger partial charge in [-0.25, -0.2) is 0 Å². The van der Waals surface area contributed by atoms with Crippen LogP contribution in [-0.2, 0) is 18.9 Å². The van der Waals surface area contributed by atoms with E-state index in [0.29, 0.717) is 26.1 Å². The van der Waals surface area contributed by atoms with Crippen LogP contribution in [0.25, 0.3) is 0 Å². The van der Waals surface area contributed by atoms with Crippen LogP contribution in [0.4, 0.5) is 0 Å². The second kappa shape index (κ2) is 7.42. The molecule has 0 spiro atoms. The Balaban J connectivity index is 1.55. The van der Waals surface area contributed by atoms with E-state index in [1.54, 1.807) is 0 Å². The molecule has 0 aliphatic carbocycles. The third-order valence-electron chi connectivity index (χ3n) is 3.34. The highest BCUT2D eigenvalue weighted by molar-refractivity contribution is 4.85. The van der Waals surface area contributed by atoms with Gasteiger partial charge in [-0.3, -0.25) is 0 Å². The molecule has 0 N–H and O–H groups in total. The lowest BCUT2D eigenvalue weighted by Crippen LogP contribution is -2.31. The zero-order chi connectivity index (χ0) is 13.5. The average Bonchev–Trinajstić information content (AvgIpc) is 2.49. The van der Waals surface area contributed by atoms with Crippen LogP contribution in [0.3, 0.4) is 0 Å². The fraction of sp³-hybridized carbons (Fsp3) is 0.846. The summed E-state index contributed by atoms with van der Waals surface area (Å²) in [4.78, 5) is 0. The molecular weight excluding hydrogens is 248 g/mol. The quantitative estimate of drug-likeness (QED) is 0.717. The van der Waals surface area contributed by atoms with Crippen molar-refractivity contribution in [2.24, 2.45) is 11.8 Å². The van der Waals surface area contributed by atoms with E-state index in [4.69, 9.17) is 29.5 Å². The van der Waals surface area contributed by atoms with E-state index in [-0.39, 0.29) is 31.2 Å². The first kappa shape index (κ1) is 14.2. The van der Waals surface area contributed by atoms with Crippen LogP contribution in [0.1, 0.15) is 25.7 Å². The maximum atomic E-state index is 8.73. The predicted octanol–water partition coefficient (Wildman–Crippen LogP) is 1.53. The molecular formula is C13H18N2O4. The highest BCUT2D eigenvalue weighted by Gasteiger charge is 2.24. The van der Waals surface area contributed by atoms with Gasteiger partial charge in [-0.05, 0) is 25.7 Å². The minimum Gasteiger partial charge on any atom is -0.351 e. The summed E-state index contributed by atoms with van der Waals surface area (Å²) in [7, 11) is 0. The third-order valence-corrected chi connectivity index (χ3v) is 3.34. The molecule has 6 nitrogen and oxygen atoms in total. The van der Waals surface area contributed by atoms with Crippen LogP contribution in [0.5, 0.6) is 0 Å². The predicted molar refractivity (Wildman–Crippen MR) is 63.2 cm³/mol. The van der Waals surface area contributed by atoms with Crippen LogP contribution in [0, 0.1) is 34.5 Å². The van der Waals surface area contributed by atoms with Crippen molar-refractivity contribution in [2.45, 2.75) is 38.3 Å². The minimum atomic E-state index is -0.292. The Morgan fingerprint density at radius 2 is 1.32 bits per heavy atom. The molecule has 0 amide bonds. The van der Waals surface area contributed by atoms with Crippen molar-refractivity contribution in [2.75, 3.05) is 20.0 Å². The van der Waals surface area contributed by atoms with Crippen molar-refractivity contribution < 1.29 is 18.9 Å². The van der Waals surface area contributed by atoms with Gasteiger partial charge in [-0.2, -0.15) is 10.5 Å². The van der Waals surface area contributed by atoms with E-state index in [0.717, 1.165) is 12.8 Å². The first-order valence-electron chi connectivity index (χ1n) is 6.57. The smallest absolute Gasteiger partial charge is 0.160 e. The van der Waals surface area contributed by atoms with E-state index in [1.165, 1.54) is 0 Å². The Morgan fingerprint density at radius 1 is 0.842 bits per heavy atom. The number of hydrogen-bond acceptors (Lipinski definition) is 6. The monoisotopic (exact) mass is 266 g/mol. The number of rotatable bonds is 4. The normalized spacial score (nSPS) is 35.3. The maximum absolute atomic E-state index is 8.73. The van der Waals surface area contributed by atoms with Crippen LogP contribution in [0.2, 0.25) is 0 Å². The lowest BCUT2D eigenvalue weighted by atomic mass is 10.0. The first-order chi connectivity index (χ1) is 9.31. The van der Waals surface area contributed by atoms with Crippen LogP contribution >= 0.6 is 0 Å². The molecule has 0 aromatic rings. The van der Waals surface area contributed by atoms with Gasteiger partial charge in [0, 0.05) is 0 Å². The highest BCUT2D eigenvalue weighted by atomic mass is 16.8. The standard InChI is InChI=1S/C13H18N2O4/c14-5-10-1-3-12(16-7-10)18-9-19-13-4-2-11(6-15)8-17-13/h10-13H,1-4,7-9H2. The van der Waals surface area contributed by atoms with Gasteiger partial charge < -0.3 is 18.9 Å². The van der Waals surface area contributed by atoms with Gasteiger partial charge in [0.25, 0.3) is 0 Å². The molecule has 0 radical (unpaired) electrons. The van der Waals surface area contributed by atoms with E-state index < -0.39 is 0 Å². The third kappa shape index (κ3) is 4.45. The zero-order valence-corrected chi connectivity index (χ0v) is 10.8. The maximum Gasteiger partial charge on any atom is 0.160 e.